The third-order valence-electron chi connectivity index (χ3n) is 2.68. The molecule has 1 heterocycles. The number of nitrogens with zero attached hydrogens (tertiary/aromatic N) is 2. The molecular weight excluding hydrogens is 328 g/mol. The van der Waals surface area contributed by atoms with Crippen LogP contribution in [0.1, 0.15) is 25.6 Å². The Labute approximate surface area is 133 Å². The second-order valence-electron chi connectivity index (χ2n) is 4.89. The molecule has 21 heavy (non-hydrogen) atoms. The molecule has 0 aliphatic rings. The van der Waals surface area contributed by atoms with Crippen LogP contribution in [0.4, 0.5) is 0 Å². The van der Waals surface area contributed by atoms with Crippen LogP contribution in [0.25, 0.3) is 0 Å². The molecule has 1 aromatic carbocycles. The lowest BCUT2D eigenvalue weighted by Crippen LogP contribution is -1.99. The average molecular weight is 343 g/mol. The monoisotopic (exact) mass is 342 g/mol. The van der Waals surface area contributed by atoms with Gasteiger partial charge in [0.2, 0.25) is 0 Å². The highest BCUT2D eigenvalue weighted by Gasteiger charge is 2.10. The summed E-state index contributed by atoms with van der Waals surface area (Å²) in [5.41, 5.74) is 0. The van der Waals surface area contributed by atoms with Crippen LogP contribution in [-0.4, -0.2) is 24.6 Å². The molecule has 1 aromatic heterocycles. The number of halogens is 1. The Balaban J connectivity index is 2.26. The van der Waals surface area contributed by atoms with Crippen LogP contribution in [0.15, 0.2) is 45.1 Å². The largest absolute Gasteiger partial charge is 0.226 e. The first-order chi connectivity index (χ1) is 9.75. The standard InChI is InChI=1S/C14H15ClN2O2S2/c1-9(2)14-16-12(15)8-13(17-14)20-10-4-6-11(7-5-10)21(3,18)19/h4-9H,1-3H3. The molecular formula is C14H15ClN2O2S2. The van der Waals surface area contributed by atoms with Crippen LogP contribution in [-0.2, 0) is 9.84 Å². The van der Waals surface area contributed by atoms with Crippen molar-refractivity contribution in [2.45, 2.75) is 34.6 Å². The fourth-order valence-corrected chi connectivity index (χ4v) is 3.31. The van der Waals surface area contributed by atoms with Crippen molar-refractivity contribution >= 4 is 33.2 Å². The average Bonchev–Trinajstić information content (AvgIpc) is 2.37. The summed E-state index contributed by atoms with van der Waals surface area (Å²) in [7, 11) is -3.17. The summed E-state index contributed by atoms with van der Waals surface area (Å²) in [6.07, 6.45) is 1.19. The Morgan fingerprint density at radius 2 is 1.76 bits per heavy atom. The minimum absolute atomic E-state index is 0.190. The predicted molar refractivity (Wildman–Crippen MR) is 84.8 cm³/mol. The first kappa shape index (κ1) is 16.3. The zero-order valence-electron chi connectivity index (χ0n) is 11.9. The number of aromatic nitrogens is 2. The van der Waals surface area contributed by atoms with Gasteiger partial charge >= 0.3 is 0 Å². The maximum absolute atomic E-state index is 11.4. The highest BCUT2D eigenvalue weighted by molar-refractivity contribution is 7.99. The summed E-state index contributed by atoms with van der Waals surface area (Å²) in [4.78, 5) is 9.83. The lowest BCUT2D eigenvalue weighted by atomic mass is 10.2. The number of sulfone groups is 1. The van der Waals surface area contributed by atoms with Gasteiger partial charge in [-0.15, -0.1) is 0 Å². The number of hydrogen-bond acceptors (Lipinski definition) is 5. The van der Waals surface area contributed by atoms with E-state index in [2.05, 4.69) is 9.97 Å². The van der Waals surface area contributed by atoms with Gasteiger partial charge in [-0.1, -0.05) is 37.2 Å². The number of benzene rings is 1. The molecule has 0 bridgehead atoms. The van der Waals surface area contributed by atoms with Crippen molar-refractivity contribution in [2.75, 3.05) is 6.26 Å². The Bertz CT molecular complexity index is 744. The summed E-state index contributed by atoms with van der Waals surface area (Å²) in [5.74, 6) is 0.883. The molecule has 0 aliphatic carbocycles. The van der Waals surface area contributed by atoms with E-state index in [0.717, 1.165) is 9.92 Å². The van der Waals surface area contributed by atoms with Crippen molar-refractivity contribution in [2.24, 2.45) is 0 Å². The Hall–Kier alpha value is -1.11. The van der Waals surface area contributed by atoms with Crippen molar-refractivity contribution in [3.8, 4) is 0 Å². The summed E-state index contributed by atoms with van der Waals surface area (Å²) in [6.45, 7) is 4.00. The Kier molecular flexibility index (Phi) is 4.91. The maximum atomic E-state index is 11.4. The topological polar surface area (TPSA) is 59.9 Å². The molecule has 0 saturated heterocycles. The third kappa shape index (κ3) is 4.43. The molecule has 0 spiro atoms. The van der Waals surface area contributed by atoms with E-state index in [0.29, 0.717) is 15.9 Å². The predicted octanol–water partition coefficient (Wildman–Crippen LogP) is 3.81. The second-order valence-corrected chi connectivity index (χ2v) is 8.38. The van der Waals surface area contributed by atoms with Gasteiger partial charge in [-0.3, -0.25) is 0 Å². The molecule has 0 unspecified atom stereocenters. The summed E-state index contributed by atoms with van der Waals surface area (Å²) in [6, 6.07) is 8.38. The molecule has 2 rings (SSSR count). The van der Waals surface area contributed by atoms with E-state index in [1.807, 2.05) is 13.8 Å². The molecule has 7 heteroatoms. The van der Waals surface area contributed by atoms with Crippen LogP contribution in [0.2, 0.25) is 5.15 Å². The smallest absolute Gasteiger partial charge is 0.175 e. The van der Waals surface area contributed by atoms with Gasteiger partial charge in [-0.25, -0.2) is 18.4 Å². The molecule has 0 N–H and O–H groups in total. The quantitative estimate of drug-likeness (QED) is 0.791. The van der Waals surface area contributed by atoms with Crippen molar-refractivity contribution < 1.29 is 8.42 Å². The summed E-state index contributed by atoms with van der Waals surface area (Å²) in [5, 5.41) is 1.15. The maximum Gasteiger partial charge on any atom is 0.175 e. The molecule has 112 valence electrons. The summed E-state index contributed by atoms with van der Waals surface area (Å²) >= 11 is 7.42. The SMILES string of the molecule is CC(C)c1nc(Cl)cc(Sc2ccc(S(C)(=O)=O)cc2)n1. The lowest BCUT2D eigenvalue weighted by molar-refractivity contribution is 0.602. The Morgan fingerprint density at radius 3 is 2.29 bits per heavy atom. The third-order valence-corrected chi connectivity index (χ3v) is 4.93. The van der Waals surface area contributed by atoms with E-state index in [9.17, 15) is 8.42 Å². The zero-order chi connectivity index (χ0) is 15.6. The van der Waals surface area contributed by atoms with Crippen molar-refractivity contribution in [3.63, 3.8) is 0 Å². The molecule has 0 aliphatic heterocycles. The van der Waals surface area contributed by atoms with E-state index in [1.165, 1.54) is 18.0 Å². The van der Waals surface area contributed by atoms with Gasteiger partial charge in [-0.05, 0) is 24.3 Å². The molecule has 0 radical (unpaired) electrons. The number of rotatable bonds is 4. The normalized spacial score (nSPS) is 11.9. The van der Waals surface area contributed by atoms with Crippen LogP contribution < -0.4 is 0 Å². The van der Waals surface area contributed by atoms with Crippen molar-refractivity contribution in [3.05, 3.63) is 41.3 Å². The lowest BCUT2D eigenvalue weighted by Gasteiger charge is -2.07. The van der Waals surface area contributed by atoms with E-state index >= 15 is 0 Å². The summed E-state index contributed by atoms with van der Waals surface area (Å²) < 4.78 is 22.8. The van der Waals surface area contributed by atoms with E-state index in [-0.39, 0.29) is 5.92 Å². The van der Waals surface area contributed by atoms with E-state index in [1.54, 1.807) is 30.3 Å². The van der Waals surface area contributed by atoms with Gasteiger partial charge in [0, 0.05) is 23.1 Å². The molecule has 4 nitrogen and oxygen atoms in total. The van der Waals surface area contributed by atoms with Gasteiger partial charge in [0.25, 0.3) is 0 Å². The first-order valence-electron chi connectivity index (χ1n) is 6.28. The van der Waals surface area contributed by atoms with Crippen LogP contribution >= 0.6 is 23.4 Å². The van der Waals surface area contributed by atoms with Gasteiger partial charge in [0.15, 0.2) is 9.84 Å². The highest BCUT2D eigenvalue weighted by atomic mass is 35.5. The van der Waals surface area contributed by atoms with Gasteiger partial charge in [-0.2, -0.15) is 0 Å². The molecule has 0 fully saturated rings. The fourth-order valence-electron chi connectivity index (χ4n) is 1.60. The molecule has 0 amide bonds. The Morgan fingerprint density at radius 1 is 1.14 bits per heavy atom. The second kappa shape index (κ2) is 6.34. The first-order valence-corrected chi connectivity index (χ1v) is 9.37. The minimum Gasteiger partial charge on any atom is -0.226 e. The van der Waals surface area contributed by atoms with E-state index < -0.39 is 9.84 Å². The van der Waals surface area contributed by atoms with Gasteiger partial charge in [0.05, 0.1) is 4.90 Å². The van der Waals surface area contributed by atoms with Crippen LogP contribution in [0.3, 0.4) is 0 Å². The minimum atomic E-state index is -3.17. The van der Waals surface area contributed by atoms with Crippen LogP contribution in [0.5, 0.6) is 0 Å². The van der Waals surface area contributed by atoms with Crippen molar-refractivity contribution in [1.29, 1.82) is 0 Å². The van der Waals surface area contributed by atoms with Gasteiger partial charge < -0.3 is 0 Å². The zero-order valence-corrected chi connectivity index (χ0v) is 14.3. The van der Waals surface area contributed by atoms with E-state index in [4.69, 9.17) is 11.6 Å². The molecule has 0 saturated carbocycles. The number of hydrogen-bond donors (Lipinski definition) is 0. The van der Waals surface area contributed by atoms with Gasteiger partial charge in [0.1, 0.15) is 16.0 Å². The van der Waals surface area contributed by atoms with Crippen LogP contribution in [0, 0.1) is 0 Å². The highest BCUT2D eigenvalue weighted by Crippen LogP contribution is 2.29. The molecule has 2 aromatic rings. The van der Waals surface area contributed by atoms with Crippen molar-refractivity contribution in [1.82, 2.24) is 9.97 Å². The molecule has 0 atom stereocenters. The fraction of sp³-hybridized carbons (Fsp3) is 0.286.